The van der Waals surface area contributed by atoms with E-state index in [9.17, 15) is 0 Å². The van der Waals surface area contributed by atoms with Gasteiger partial charge in [0.15, 0.2) is 11.5 Å². The van der Waals surface area contributed by atoms with E-state index in [1.807, 2.05) is 22.7 Å². The highest BCUT2D eigenvalue weighted by Crippen LogP contribution is 2.33. The molecule has 0 aliphatic carbocycles. The minimum Gasteiger partial charge on any atom is -0.396 e. The first-order chi connectivity index (χ1) is 9.06. The van der Waals surface area contributed by atoms with Gasteiger partial charge in [-0.15, -0.1) is 10.2 Å². The van der Waals surface area contributed by atoms with Crippen molar-refractivity contribution in [2.45, 2.75) is 0 Å². The number of nitrogens with zero attached hydrogens (tertiary/aromatic N) is 3. The van der Waals surface area contributed by atoms with Gasteiger partial charge in [0.1, 0.15) is 0 Å². The zero-order valence-electron chi connectivity index (χ0n) is 9.44. The Labute approximate surface area is 127 Å². The highest BCUT2D eigenvalue weighted by Gasteiger charge is 2.12. The third-order valence-corrected chi connectivity index (χ3v) is 3.80. The molecular weight excluding hydrogens is 351 g/mol. The Bertz CT molecular complexity index is 761. The number of fused-ring (bicyclic) bond motifs is 1. The van der Waals surface area contributed by atoms with E-state index in [0.717, 1.165) is 15.7 Å². The van der Waals surface area contributed by atoms with Crippen LogP contribution in [0, 0.1) is 0 Å². The quantitative estimate of drug-likeness (QED) is 0.668. The zero-order chi connectivity index (χ0) is 13.6. The number of benzene rings is 1. The number of aromatic nitrogens is 3. The molecule has 3 rings (SSSR count). The van der Waals surface area contributed by atoms with Gasteiger partial charge in [0.2, 0.25) is 0 Å². The molecular formula is C12H7BrCl2N4. The second-order valence-corrected chi connectivity index (χ2v) is 5.68. The van der Waals surface area contributed by atoms with Gasteiger partial charge < -0.3 is 5.73 Å². The molecule has 2 N–H and O–H groups in total. The van der Waals surface area contributed by atoms with Crippen LogP contribution in [0.5, 0.6) is 0 Å². The molecule has 96 valence electrons. The van der Waals surface area contributed by atoms with Crippen molar-refractivity contribution in [2.24, 2.45) is 0 Å². The molecule has 1 aromatic carbocycles. The van der Waals surface area contributed by atoms with Crippen molar-refractivity contribution in [3.63, 3.8) is 0 Å². The minimum absolute atomic E-state index is 0.363. The molecule has 0 radical (unpaired) electrons. The predicted octanol–water partition coefficient (Wildman–Crippen LogP) is 4.05. The lowest BCUT2D eigenvalue weighted by Gasteiger charge is -2.05. The molecule has 0 fully saturated rings. The number of rotatable bonds is 1. The number of pyridine rings is 1. The number of halogens is 3. The van der Waals surface area contributed by atoms with Crippen molar-refractivity contribution in [2.75, 3.05) is 5.73 Å². The molecule has 19 heavy (non-hydrogen) atoms. The SMILES string of the molecule is Nc1c(Cl)cc(-c2nnc3ccc(Br)cn23)cc1Cl. The third-order valence-electron chi connectivity index (χ3n) is 2.70. The van der Waals surface area contributed by atoms with E-state index in [-0.39, 0.29) is 0 Å². The Morgan fingerprint density at radius 3 is 2.47 bits per heavy atom. The number of nitrogen functional groups attached to an aromatic ring is 1. The minimum atomic E-state index is 0.363. The highest BCUT2D eigenvalue weighted by atomic mass is 79.9. The predicted molar refractivity (Wildman–Crippen MR) is 80.6 cm³/mol. The first-order valence-corrected chi connectivity index (χ1v) is 6.86. The van der Waals surface area contributed by atoms with Gasteiger partial charge in [-0.1, -0.05) is 23.2 Å². The van der Waals surface area contributed by atoms with Crippen molar-refractivity contribution in [3.8, 4) is 11.4 Å². The summed E-state index contributed by atoms with van der Waals surface area (Å²) in [4.78, 5) is 0. The Morgan fingerprint density at radius 2 is 1.79 bits per heavy atom. The molecule has 4 nitrogen and oxygen atoms in total. The summed E-state index contributed by atoms with van der Waals surface area (Å²) in [5, 5.41) is 9.04. The van der Waals surface area contributed by atoms with Crippen LogP contribution < -0.4 is 5.73 Å². The molecule has 0 bridgehead atoms. The van der Waals surface area contributed by atoms with Crippen molar-refractivity contribution in [1.29, 1.82) is 0 Å². The summed E-state index contributed by atoms with van der Waals surface area (Å²) < 4.78 is 2.77. The summed E-state index contributed by atoms with van der Waals surface area (Å²) in [5.74, 6) is 0.653. The lowest BCUT2D eigenvalue weighted by Crippen LogP contribution is -1.93. The van der Waals surface area contributed by atoms with Gasteiger partial charge in [-0.25, -0.2) is 0 Å². The van der Waals surface area contributed by atoms with Gasteiger partial charge in [-0.2, -0.15) is 0 Å². The number of anilines is 1. The van der Waals surface area contributed by atoms with Crippen LogP contribution in [0.2, 0.25) is 10.0 Å². The Kier molecular flexibility index (Phi) is 3.12. The first kappa shape index (κ1) is 12.7. The van der Waals surface area contributed by atoms with Crippen LogP contribution in [0.25, 0.3) is 17.0 Å². The van der Waals surface area contributed by atoms with Gasteiger partial charge in [-0.05, 0) is 40.2 Å². The average Bonchev–Trinajstić information content (AvgIpc) is 2.78. The zero-order valence-corrected chi connectivity index (χ0v) is 12.5. The summed E-state index contributed by atoms with van der Waals surface area (Å²) in [6.45, 7) is 0. The van der Waals surface area contributed by atoms with E-state index in [0.29, 0.717) is 21.6 Å². The van der Waals surface area contributed by atoms with Crippen LogP contribution in [0.3, 0.4) is 0 Å². The van der Waals surface area contributed by atoms with E-state index in [2.05, 4.69) is 26.1 Å². The second-order valence-electron chi connectivity index (χ2n) is 3.95. The fourth-order valence-corrected chi connectivity index (χ4v) is 2.60. The van der Waals surface area contributed by atoms with Crippen LogP contribution in [0.15, 0.2) is 34.9 Å². The molecule has 0 amide bonds. The molecule has 0 unspecified atom stereocenters. The molecule has 2 heterocycles. The lowest BCUT2D eigenvalue weighted by molar-refractivity contribution is 1.11. The maximum absolute atomic E-state index is 6.04. The topological polar surface area (TPSA) is 56.2 Å². The maximum Gasteiger partial charge on any atom is 0.168 e. The molecule has 3 aromatic rings. The van der Waals surface area contributed by atoms with E-state index < -0.39 is 0 Å². The van der Waals surface area contributed by atoms with Crippen molar-refractivity contribution in [3.05, 3.63) is 45.0 Å². The van der Waals surface area contributed by atoms with Crippen molar-refractivity contribution >= 4 is 50.5 Å². The summed E-state index contributed by atoms with van der Waals surface area (Å²) >= 11 is 15.5. The van der Waals surface area contributed by atoms with Crippen LogP contribution in [0.1, 0.15) is 0 Å². The molecule has 0 saturated heterocycles. The van der Waals surface area contributed by atoms with Gasteiger partial charge in [0, 0.05) is 16.2 Å². The molecule has 0 saturated carbocycles. The van der Waals surface area contributed by atoms with E-state index in [4.69, 9.17) is 28.9 Å². The van der Waals surface area contributed by atoms with Crippen LogP contribution in [-0.2, 0) is 0 Å². The monoisotopic (exact) mass is 356 g/mol. The maximum atomic E-state index is 6.04. The summed E-state index contributed by atoms with van der Waals surface area (Å²) in [7, 11) is 0. The van der Waals surface area contributed by atoms with Gasteiger partial charge in [-0.3, -0.25) is 4.40 Å². The second kappa shape index (κ2) is 4.67. The number of nitrogens with two attached hydrogens (primary N) is 1. The molecule has 0 atom stereocenters. The summed E-state index contributed by atoms with van der Waals surface area (Å²) in [5.41, 5.74) is 7.59. The fourth-order valence-electron chi connectivity index (χ4n) is 1.78. The van der Waals surface area contributed by atoms with E-state index in [1.165, 1.54) is 0 Å². The van der Waals surface area contributed by atoms with Gasteiger partial charge >= 0.3 is 0 Å². The van der Waals surface area contributed by atoms with Gasteiger partial charge in [0.05, 0.1) is 15.7 Å². The summed E-state index contributed by atoms with van der Waals surface area (Å²) in [6.07, 6.45) is 1.88. The standard InChI is InChI=1S/C12H7BrCl2N4/c13-7-1-2-10-17-18-12(19(10)5-7)6-3-8(14)11(16)9(15)4-6/h1-5H,16H2. The Morgan fingerprint density at radius 1 is 1.11 bits per heavy atom. The fraction of sp³-hybridized carbons (Fsp3) is 0. The number of hydrogen-bond acceptors (Lipinski definition) is 3. The van der Waals surface area contributed by atoms with E-state index >= 15 is 0 Å². The van der Waals surface area contributed by atoms with Crippen LogP contribution in [0.4, 0.5) is 5.69 Å². The van der Waals surface area contributed by atoms with Crippen molar-refractivity contribution in [1.82, 2.24) is 14.6 Å². The highest BCUT2D eigenvalue weighted by molar-refractivity contribution is 9.10. The first-order valence-electron chi connectivity index (χ1n) is 5.31. The Balaban J connectivity index is 2.27. The largest absolute Gasteiger partial charge is 0.396 e. The van der Waals surface area contributed by atoms with Crippen LogP contribution in [-0.4, -0.2) is 14.6 Å². The summed E-state index contributed by atoms with van der Waals surface area (Å²) in [6, 6.07) is 7.21. The Hall–Kier alpha value is -1.30. The van der Waals surface area contributed by atoms with Gasteiger partial charge in [0.25, 0.3) is 0 Å². The smallest absolute Gasteiger partial charge is 0.168 e. The molecule has 0 spiro atoms. The molecule has 7 heteroatoms. The van der Waals surface area contributed by atoms with Crippen LogP contribution >= 0.6 is 39.1 Å². The normalized spacial score (nSPS) is 11.1. The average molecular weight is 358 g/mol. The van der Waals surface area contributed by atoms with Crippen molar-refractivity contribution < 1.29 is 0 Å². The van der Waals surface area contributed by atoms with E-state index in [1.54, 1.807) is 12.1 Å². The third kappa shape index (κ3) is 2.18. The lowest BCUT2D eigenvalue weighted by atomic mass is 10.2. The molecule has 0 aliphatic rings. The molecule has 0 aliphatic heterocycles. The number of hydrogen-bond donors (Lipinski definition) is 1. The molecule has 2 aromatic heterocycles.